The second kappa shape index (κ2) is 4.18. The van der Waals surface area contributed by atoms with E-state index >= 15 is 0 Å². The highest BCUT2D eigenvalue weighted by molar-refractivity contribution is 5.92. The molecule has 0 saturated carbocycles. The number of carboxylic acids is 1. The highest BCUT2D eigenvalue weighted by atomic mass is 16.4. The van der Waals surface area contributed by atoms with Crippen LogP contribution in [0.5, 0.6) is 0 Å². The summed E-state index contributed by atoms with van der Waals surface area (Å²) in [6.07, 6.45) is 5.13. The molecule has 3 N–H and O–H groups in total. The van der Waals surface area contributed by atoms with Crippen LogP contribution in [0.2, 0.25) is 0 Å². The molecule has 0 amide bonds. The van der Waals surface area contributed by atoms with E-state index in [9.17, 15) is 9.59 Å². The Labute approximate surface area is 76.4 Å². The van der Waals surface area contributed by atoms with Crippen molar-refractivity contribution in [2.24, 2.45) is 11.7 Å². The molecule has 0 fully saturated rings. The van der Waals surface area contributed by atoms with Crippen LogP contribution in [0, 0.1) is 5.92 Å². The molecule has 1 aliphatic rings. The molecule has 0 aromatic heterocycles. The van der Waals surface area contributed by atoms with E-state index in [1.165, 1.54) is 6.08 Å². The zero-order valence-corrected chi connectivity index (χ0v) is 7.27. The van der Waals surface area contributed by atoms with Crippen LogP contribution < -0.4 is 5.73 Å². The van der Waals surface area contributed by atoms with E-state index in [2.05, 4.69) is 0 Å². The Morgan fingerprint density at radius 2 is 2.46 bits per heavy atom. The largest absolute Gasteiger partial charge is 0.480 e. The lowest BCUT2D eigenvalue weighted by Crippen LogP contribution is -2.34. The zero-order chi connectivity index (χ0) is 9.84. The maximum atomic E-state index is 11.2. The number of carbonyl (C=O) groups excluding carboxylic acids is 1. The lowest BCUT2D eigenvalue weighted by molar-refractivity contribution is -0.139. The fourth-order valence-electron chi connectivity index (χ4n) is 1.42. The van der Waals surface area contributed by atoms with Gasteiger partial charge in [0.2, 0.25) is 0 Å². The van der Waals surface area contributed by atoms with E-state index < -0.39 is 12.0 Å². The van der Waals surface area contributed by atoms with Crippen molar-refractivity contribution in [3.05, 3.63) is 12.2 Å². The molecule has 1 rings (SSSR count). The molecule has 2 atom stereocenters. The number of hydrogen-bond donors (Lipinski definition) is 2. The van der Waals surface area contributed by atoms with Crippen molar-refractivity contribution in [1.29, 1.82) is 0 Å². The van der Waals surface area contributed by atoms with Gasteiger partial charge in [-0.05, 0) is 25.3 Å². The van der Waals surface area contributed by atoms with Crippen molar-refractivity contribution < 1.29 is 14.7 Å². The van der Waals surface area contributed by atoms with Crippen molar-refractivity contribution in [1.82, 2.24) is 0 Å². The van der Waals surface area contributed by atoms with Crippen molar-refractivity contribution in [2.45, 2.75) is 25.3 Å². The van der Waals surface area contributed by atoms with Crippen LogP contribution >= 0.6 is 0 Å². The SMILES string of the molecule is N[C@@H](CC1CCC=CC1=O)C(=O)O. The van der Waals surface area contributed by atoms with Gasteiger partial charge >= 0.3 is 5.97 Å². The van der Waals surface area contributed by atoms with E-state index in [4.69, 9.17) is 10.8 Å². The molecule has 0 aliphatic heterocycles. The maximum Gasteiger partial charge on any atom is 0.320 e. The van der Waals surface area contributed by atoms with Crippen LogP contribution in [-0.2, 0) is 9.59 Å². The summed E-state index contributed by atoms with van der Waals surface area (Å²) < 4.78 is 0. The summed E-state index contributed by atoms with van der Waals surface area (Å²) in [6, 6.07) is -0.916. The molecule has 1 aliphatic carbocycles. The Balaban J connectivity index is 2.49. The highest BCUT2D eigenvalue weighted by Crippen LogP contribution is 2.19. The van der Waals surface area contributed by atoms with Gasteiger partial charge in [0.05, 0.1) is 0 Å². The second-order valence-electron chi connectivity index (χ2n) is 3.26. The summed E-state index contributed by atoms with van der Waals surface area (Å²) in [5.41, 5.74) is 5.33. The number of nitrogens with two attached hydrogens (primary N) is 1. The first-order valence-electron chi connectivity index (χ1n) is 4.30. The number of rotatable bonds is 3. The minimum atomic E-state index is -1.04. The summed E-state index contributed by atoms with van der Waals surface area (Å²) in [7, 11) is 0. The number of carbonyl (C=O) groups is 2. The monoisotopic (exact) mass is 183 g/mol. The van der Waals surface area contributed by atoms with E-state index in [0.29, 0.717) is 0 Å². The van der Waals surface area contributed by atoms with Gasteiger partial charge in [0.25, 0.3) is 0 Å². The highest BCUT2D eigenvalue weighted by Gasteiger charge is 2.24. The van der Waals surface area contributed by atoms with Gasteiger partial charge in [-0.25, -0.2) is 0 Å². The van der Waals surface area contributed by atoms with E-state index in [0.717, 1.165) is 12.8 Å². The predicted octanol–water partition coefficient (Wildman–Crippen LogP) is 0.324. The molecular weight excluding hydrogens is 170 g/mol. The number of ketones is 1. The Bertz CT molecular complexity index is 247. The minimum Gasteiger partial charge on any atom is -0.480 e. The van der Waals surface area contributed by atoms with E-state index in [-0.39, 0.29) is 18.1 Å². The second-order valence-corrected chi connectivity index (χ2v) is 3.26. The molecule has 0 bridgehead atoms. The molecule has 13 heavy (non-hydrogen) atoms. The average Bonchev–Trinajstić information content (AvgIpc) is 2.08. The topological polar surface area (TPSA) is 80.4 Å². The van der Waals surface area contributed by atoms with Gasteiger partial charge in [-0.15, -0.1) is 0 Å². The number of carboxylic acid groups (broad SMARTS) is 1. The van der Waals surface area contributed by atoms with Gasteiger partial charge in [-0.3, -0.25) is 9.59 Å². The first-order chi connectivity index (χ1) is 6.11. The third kappa shape index (κ3) is 2.66. The lowest BCUT2D eigenvalue weighted by Gasteiger charge is -2.18. The molecule has 4 nitrogen and oxygen atoms in total. The van der Waals surface area contributed by atoms with Crippen molar-refractivity contribution >= 4 is 11.8 Å². The molecule has 1 unspecified atom stereocenters. The van der Waals surface area contributed by atoms with Gasteiger partial charge in [0, 0.05) is 5.92 Å². The van der Waals surface area contributed by atoms with Crippen molar-refractivity contribution in [3.8, 4) is 0 Å². The summed E-state index contributed by atoms with van der Waals surface area (Å²) in [5.74, 6) is -1.23. The van der Waals surface area contributed by atoms with E-state index in [1.807, 2.05) is 6.08 Å². The normalized spacial score (nSPS) is 24.4. The number of aliphatic carboxylic acids is 1. The molecule has 0 saturated heterocycles. The minimum absolute atomic E-state index is 0.00273. The van der Waals surface area contributed by atoms with Gasteiger partial charge in [-0.1, -0.05) is 6.08 Å². The first-order valence-corrected chi connectivity index (χ1v) is 4.30. The molecule has 4 heteroatoms. The van der Waals surface area contributed by atoms with Crippen LogP contribution in [0.25, 0.3) is 0 Å². The number of hydrogen-bond acceptors (Lipinski definition) is 3. The fraction of sp³-hybridized carbons (Fsp3) is 0.556. The zero-order valence-electron chi connectivity index (χ0n) is 7.27. The van der Waals surface area contributed by atoms with Gasteiger partial charge < -0.3 is 10.8 Å². The van der Waals surface area contributed by atoms with Crippen molar-refractivity contribution in [2.75, 3.05) is 0 Å². The number of allylic oxidation sites excluding steroid dienone is 2. The molecule has 0 aromatic rings. The van der Waals surface area contributed by atoms with Gasteiger partial charge in [0.15, 0.2) is 5.78 Å². The van der Waals surface area contributed by atoms with Crippen LogP contribution in [-0.4, -0.2) is 22.9 Å². The molecule has 72 valence electrons. The Hall–Kier alpha value is -1.16. The smallest absolute Gasteiger partial charge is 0.320 e. The lowest BCUT2D eigenvalue weighted by atomic mass is 9.88. The van der Waals surface area contributed by atoms with Crippen LogP contribution in [0.4, 0.5) is 0 Å². The van der Waals surface area contributed by atoms with Crippen molar-refractivity contribution in [3.63, 3.8) is 0 Å². The maximum absolute atomic E-state index is 11.2. The quantitative estimate of drug-likeness (QED) is 0.660. The Morgan fingerprint density at radius 1 is 1.77 bits per heavy atom. The van der Waals surface area contributed by atoms with Gasteiger partial charge in [-0.2, -0.15) is 0 Å². The average molecular weight is 183 g/mol. The summed E-state index contributed by atoms with van der Waals surface area (Å²) in [4.78, 5) is 21.6. The molecule has 0 spiro atoms. The predicted molar refractivity (Wildman–Crippen MR) is 47.1 cm³/mol. The third-order valence-corrected chi connectivity index (χ3v) is 2.22. The molecular formula is C9H13NO3. The van der Waals surface area contributed by atoms with Crippen LogP contribution in [0.1, 0.15) is 19.3 Å². The first kappa shape index (κ1) is 9.92. The van der Waals surface area contributed by atoms with Crippen LogP contribution in [0.15, 0.2) is 12.2 Å². The molecule has 0 radical (unpaired) electrons. The Morgan fingerprint density at radius 3 is 3.00 bits per heavy atom. The fourth-order valence-corrected chi connectivity index (χ4v) is 1.42. The summed E-state index contributed by atoms with van der Waals surface area (Å²) in [6.45, 7) is 0. The van der Waals surface area contributed by atoms with Gasteiger partial charge in [0.1, 0.15) is 6.04 Å². The molecule has 0 heterocycles. The standard InChI is InChI=1S/C9H13NO3/c10-7(9(12)13)5-6-3-1-2-4-8(6)11/h2,4,6-7H,1,3,5,10H2,(H,12,13)/t6?,7-/m0/s1. The van der Waals surface area contributed by atoms with Crippen LogP contribution in [0.3, 0.4) is 0 Å². The Kier molecular flexibility index (Phi) is 3.19. The third-order valence-electron chi connectivity index (χ3n) is 2.22. The summed E-state index contributed by atoms with van der Waals surface area (Å²) in [5, 5.41) is 8.54. The summed E-state index contributed by atoms with van der Waals surface area (Å²) >= 11 is 0. The van der Waals surface area contributed by atoms with E-state index in [1.54, 1.807) is 0 Å². The molecule has 0 aromatic carbocycles.